The minimum atomic E-state index is -0.643. The number of carbonyl (C=O) groups is 3. The third kappa shape index (κ3) is 2.70. The van der Waals surface area contributed by atoms with Crippen molar-refractivity contribution in [3.63, 3.8) is 0 Å². The number of hydrogen-bond acceptors (Lipinski definition) is 6. The lowest BCUT2D eigenvalue weighted by atomic mass is 9.74. The second-order valence-corrected chi connectivity index (χ2v) is 8.50. The first-order valence-corrected chi connectivity index (χ1v) is 8.98. The molecule has 0 N–H and O–H groups in total. The Balaban J connectivity index is 1.93. The third-order valence-electron chi connectivity index (χ3n) is 5.27. The Bertz CT molecular complexity index is 920. The summed E-state index contributed by atoms with van der Waals surface area (Å²) in [5.41, 5.74) is 0.705. The number of fused-ring (bicyclic) bond motifs is 4. The lowest BCUT2D eigenvalue weighted by Crippen LogP contribution is -2.33. The van der Waals surface area contributed by atoms with Crippen molar-refractivity contribution >= 4 is 17.5 Å². The van der Waals surface area contributed by atoms with Crippen LogP contribution in [-0.2, 0) is 14.3 Å². The average Bonchev–Trinajstić information content (AvgIpc) is 3.26. The van der Waals surface area contributed by atoms with Gasteiger partial charge in [0.25, 0.3) is 0 Å². The highest BCUT2D eigenvalue weighted by molar-refractivity contribution is 6.23. The second kappa shape index (κ2) is 5.52. The largest absolute Gasteiger partial charge is 0.496 e. The van der Waals surface area contributed by atoms with Gasteiger partial charge < -0.3 is 14.2 Å². The van der Waals surface area contributed by atoms with E-state index in [9.17, 15) is 14.4 Å². The molecule has 1 aliphatic heterocycles. The molecule has 1 saturated heterocycles. The van der Waals surface area contributed by atoms with Crippen molar-refractivity contribution in [3.05, 3.63) is 40.5 Å². The van der Waals surface area contributed by atoms with Gasteiger partial charge in [-0.15, -0.1) is 0 Å². The molecule has 1 fully saturated rings. The number of rotatable bonds is 2. The van der Waals surface area contributed by atoms with Crippen LogP contribution in [0.15, 0.2) is 18.2 Å². The number of ether oxygens (including phenoxy) is 3. The Labute approximate surface area is 157 Å². The fourth-order valence-electron chi connectivity index (χ4n) is 4.11. The SMILES string of the molecule is COc1c2c(cc3c1C(C(=O)OC(C)(C)C)CC1(C)OC31)C(=O)C=CC2=O. The number of allylic oxidation sites excluding steroid dienone is 2. The molecule has 6 heteroatoms. The van der Waals surface area contributed by atoms with E-state index < -0.39 is 17.1 Å². The van der Waals surface area contributed by atoms with Gasteiger partial charge in [0, 0.05) is 11.1 Å². The summed E-state index contributed by atoms with van der Waals surface area (Å²) in [6.07, 6.45) is 2.71. The summed E-state index contributed by atoms with van der Waals surface area (Å²) < 4.78 is 17.1. The molecule has 6 nitrogen and oxygen atoms in total. The van der Waals surface area contributed by atoms with E-state index in [1.165, 1.54) is 19.3 Å². The van der Waals surface area contributed by atoms with Crippen molar-refractivity contribution in [2.45, 2.75) is 57.3 Å². The van der Waals surface area contributed by atoms with E-state index in [1.807, 2.05) is 27.7 Å². The van der Waals surface area contributed by atoms with Crippen molar-refractivity contribution < 1.29 is 28.6 Å². The fraction of sp³-hybridized carbons (Fsp3) is 0.476. The van der Waals surface area contributed by atoms with Crippen molar-refractivity contribution in [3.8, 4) is 5.75 Å². The second-order valence-electron chi connectivity index (χ2n) is 8.50. The topological polar surface area (TPSA) is 82.2 Å². The highest BCUT2D eigenvalue weighted by atomic mass is 16.6. The number of epoxide rings is 1. The van der Waals surface area contributed by atoms with Crippen LogP contribution in [0.1, 0.15) is 78.0 Å². The molecule has 1 aromatic carbocycles. The molecule has 3 atom stereocenters. The first-order chi connectivity index (χ1) is 12.6. The molecule has 0 aromatic heterocycles. The summed E-state index contributed by atoms with van der Waals surface area (Å²) >= 11 is 0. The van der Waals surface area contributed by atoms with Gasteiger partial charge in [-0.05, 0) is 57.9 Å². The lowest BCUT2D eigenvalue weighted by molar-refractivity contribution is -0.157. The summed E-state index contributed by atoms with van der Waals surface area (Å²) in [4.78, 5) is 37.8. The zero-order chi connectivity index (χ0) is 19.7. The minimum absolute atomic E-state index is 0.210. The molecule has 0 saturated carbocycles. The molecule has 4 rings (SSSR count). The van der Waals surface area contributed by atoms with E-state index >= 15 is 0 Å². The van der Waals surface area contributed by atoms with Gasteiger partial charge in [0.15, 0.2) is 11.6 Å². The summed E-state index contributed by atoms with van der Waals surface area (Å²) in [5.74, 6) is -1.30. The molecule has 3 unspecified atom stereocenters. The maximum absolute atomic E-state index is 13.0. The van der Waals surface area contributed by atoms with Gasteiger partial charge >= 0.3 is 5.97 Å². The third-order valence-corrected chi connectivity index (χ3v) is 5.27. The molecular weight excluding hydrogens is 348 g/mol. The monoisotopic (exact) mass is 370 g/mol. The first kappa shape index (κ1) is 17.9. The molecule has 142 valence electrons. The molecule has 3 aliphatic rings. The zero-order valence-corrected chi connectivity index (χ0v) is 16.0. The number of esters is 1. The number of benzene rings is 1. The Morgan fingerprint density at radius 3 is 2.52 bits per heavy atom. The first-order valence-electron chi connectivity index (χ1n) is 8.98. The zero-order valence-electron chi connectivity index (χ0n) is 16.0. The molecule has 27 heavy (non-hydrogen) atoms. The smallest absolute Gasteiger partial charge is 0.314 e. The van der Waals surface area contributed by atoms with Gasteiger partial charge in [0.2, 0.25) is 0 Å². The van der Waals surface area contributed by atoms with Crippen LogP contribution in [0, 0.1) is 0 Å². The Morgan fingerprint density at radius 1 is 1.22 bits per heavy atom. The van der Waals surface area contributed by atoms with E-state index in [4.69, 9.17) is 14.2 Å². The number of methoxy groups -OCH3 is 1. The minimum Gasteiger partial charge on any atom is -0.496 e. The van der Waals surface area contributed by atoms with Gasteiger partial charge in [-0.25, -0.2) is 0 Å². The van der Waals surface area contributed by atoms with Crippen LogP contribution in [0.25, 0.3) is 0 Å². The van der Waals surface area contributed by atoms with Gasteiger partial charge in [-0.3, -0.25) is 14.4 Å². The van der Waals surface area contributed by atoms with Crippen LogP contribution in [0.5, 0.6) is 5.75 Å². The van der Waals surface area contributed by atoms with E-state index in [1.54, 1.807) is 6.07 Å². The van der Waals surface area contributed by atoms with E-state index in [2.05, 4.69) is 0 Å². The van der Waals surface area contributed by atoms with Gasteiger partial charge in [0.1, 0.15) is 17.5 Å². The molecule has 0 radical (unpaired) electrons. The molecule has 1 heterocycles. The maximum atomic E-state index is 13.0. The Hall–Kier alpha value is -2.47. The average molecular weight is 370 g/mol. The van der Waals surface area contributed by atoms with Crippen LogP contribution in [-0.4, -0.2) is 35.8 Å². The maximum Gasteiger partial charge on any atom is 0.314 e. The molecule has 0 spiro atoms. The molecule has 0 amide bonds. The molecule has 1 aromatic rings. The highest BCUT2D eigenvalue weighted by Gasteiger charge is 2.61. The van der Waals surface area contributed by atoms with Crippen molar-refractivity contribution in [2.24, 2.45) is 0 Å². The van der Waals surface area contributed by atoms with Crippen molar-refractivity contribution in [1.82, 2.24) is 0 Å². The van der Waals surface area contributed by atoms with Crippen molar-refractivity contribution in [1.29, 1.82) is 0 Å². The number of carbonyl (C=O) groups excluding carboxylic acids is 3. The summed E-state index contributed by atoms with van der Waals surface area (Å²) in [6.45, 7) is 7.37. The van der Waals surface area contributed by atoms with Gasteiger partial charge in [-0.2, -0.15) is 0 Å². The van der Waals surface area contributed by atoms with Crippen LogP contribution in [0.3, 0.4) is 0 Å². The molecular formula is C21H22O6. The van der Waals surface area contributed by atoms with E-state index in [0.29, 0.717) is 17.5 Å². The summed E-state index contributed by atoms with van der Waals surface area (Å²) in [6, 6.07) is 1.68. The predicted octanol–water partition coefficient (Wildman–Crippen LogP) is 3.29. The number of ketones is 2. The Morgan fingerprint density at radius 2 is 1.89 bits per heavy atom. The van der Waals surface area contributed by atoms with Crippen LogP contribution >= 0.6 is 0 Å². The highest BCUT2D eigenvalue weighted by Crippen LogP contribution is 2.62. The number of hydrogen-bond donors (Lipinski definition) is 0. The van der Waals surface area contributed by atoms with Gasteiger partial charge in [-0.1, -0.05) is 0 Å². The van der Waals surface area contributed by atoms with Crippen molar-refractivity contribution in [2.75, 3.05) is 7.11 Å². The summed E-state index contributed by atoms with van der Waals surface area (Å²) in [5, 5.41) is 0. The van der Waals surface area contributed by atoms with Crippen LogP contribution < -0.4 is 4.74 Å². The predicted molar refractivity (Wildman–Crippen MR) is 96.2 cm³/mol. The van der Waals surface area contributed by atoms with Crippen LogP contribution in [0.2, 0.25) is 0 Å². The fourth-order valence-corrected chi connectivity index (χ4v) is 4.11. The molecule has 2 aliphatic carbocycles. The quantitative estimate of drug-likeness (QED) is 0.587. The molecule has 0 bridgehead atoms. The summed E-state index contributed by atoms with van der Waals surface area (Å²) in [7, 11) is 1.44. The normalized spacial score (nSPS) is 28.2. The Kier molecular flexibility index (Phi) is 3.66. The van der Waals surface area contributed by atoms with Crippen LogP contribution in [0.4, 0.5) is 0 Å². The van der Waals surface area contributed by atoms with E-state index in [-0.39, 0.29) is 35.0 Å². The van der Waals surface area contributed by atoms with E-state index in [0.717, 1.165) is 5.56 Å². The van der Waals surface area contributed by atoms with Gasteiger partial charge in [0.05, 0.1) is 24.2 Å². The lowest BCUT2D eigenvalue weighted by Gasteiger charge is -2.31. The standard InChI is InChI=1S/C21H22O6/c1-20(2,3)27-19(24)12-9-21(4)18(26-21)11-8-10-13(22)6-7-14(23)16(10)17(25-5)15(11)12/h6-8,12,18H,9H2,1-5H3.